The largest absolute Gasteiger partial charge is 0.632 e. The van der Waals surface area contributed by atoms with Crippen LogP contribution in [0.5, 0.6) is 23.0 Å². The minimum absolute atomic E-state index is 0.216. The predicted octanol–water partition coefficient (Wildman–Crippen LogP) is 4.57. The summed E-state index contributed by atoms with van der Waals surface area (Å²) >= 11 is 0. The zero-order valence-corrected chi connectivity index (χ0v) is 16.7. The minimum atomic E-state index is -0.445. The third kappa shape index (κ3) is 3.56. The van der Waals surface area contributed by atoms with E-state index in [1.165, 1.54) is 0 Å². The summed E-state index contributed by atoms with van der Waals surface area (Å²) in [6.07, 6.45) is -0.420. The molecule has 0 fully saturated rings. The molecule has 2 unspecified atom stereocenters. The van der Waals surface area contributed by atoms with Gasteiger partial charge in [0.2, 0.25) is 6.79 Å². The number of nitrogens with zero attached hydrogens (tertiary/aromatic N) is 1. The van der Waals surface area contributed by atoms with Crippen molar-refractivity contribution in [2.45, 2.75) is 19.2 Å². The second-order valence-electron chi connectivity index (χ2n) is 7.70. The van der Waals surface area contributed by atoms with E-state index in [4.69, 9.17) is 18.9 Å². The lowest BCUT2D eigenvalue weighted by molar-refractivity contribution is -0.909. The molecule has 0 spiro atoms. The van der Waals surface area contributed by atoms with Crippen LogP contribution in [-0.4, -0.2) is 25.1 Å². The van der Waals surface area contributed by atoms with Gasteiger partial charge in [-0.2, -0.15) is 0 Å². The summed E-state index contributed by atoms with van der Waals surface area (Å²) in [5, 5.41) is 14.1. The zero-order chi connectivity index (χ0) is 20.6. The SMILES string of the molecule is COc1ccccc1C1C[N+]([O-])(Cc2ccc3c(c2)OCO3)Cc2ccccc2O1. The third-order valence-corrected chi connectivity index (χ3v) is 5.59. The normalized spacial score (nSPS) is 22.0. The highest BCUT2D eigenvalue weighted by Crippen LogP contribution is 2.39. The van der Waals surface area contributed by atoms with Gasteiger partial charge in [0.1, 0.15) is 31.1 Å². The van der Waals surface area contributed by atoms with Crippen molar-refractivity contribution in [3.63, 3.8) is 0 Å². The Balaban J connectivity index is 1.52. The lowest BCUT2D eigenvalue weighted by atomic mass is 10.1. The molecule has 0 N–H and O–H groups in total. The smallest absolute Gasteiger partial charge is 0.231 e. The van der Waals surface area contributed by atoms with E-state index in [0.717, 1.165) is 28.2 Å². The summed E-state index contributed by atoms with van der Waals surface area (Å²) in [5.74, 6) is 2.87. The first-order valence-electron chi connectivity index (χ1n) is 9.97. The second-order valence-corrected chi connectivity index (χ2v) is 7.70. The summed E-state index contributed by atoms with van der Waals surface area (Å²) in [6, 6.07) is 21.2. The Kier molecular flexibility index (Phi) is 4.73. The van der Waals surface area contributed by atoms with Gasteiger partial charge in [0.05, 0.1) is 7.11 Å². The van der Waals surface area contributed by atoms with E-state index in [2.05, 4.69) is 0 Å². The van der Waals surface area contributed by atoms with Gasteiger partial charge < -0.3 is 28.8 Å². The molecule has 0 aromatic heterocycles. The second kappa shape index (κ2) is 7.55. The molecule has 0 bridgehead atoms. The molecular weight excluding hydrogens is 382 g/mol. The van der Waals surface area contributed by atoms with Crippen molar-refractivity contribution >= 4 is 0 Å². The number of fused-ring (bicyclic) bond motifs is 2. The van der Waals surface area contributed by atoms with Crippen LogP contribution in [0, 0.1) is 5.21 Å². The molecule has 2 aliphatic rings. The van der Waals surface area contributed by atoms with Crippen molar-refractivity contribution in [3.05, 3.63) is 88.6 Å². The van der Waals surface area contributed by atoms with Crippen LogP contribution in [0.1, 0.15) is 22.8 Å². The molecule has 154 valence electrons. The predicted molar refractivity (Wildman–Crippen MR) is 111 cm³/mol. The van der Waals surface area contributed by atoms with Gasteiger partial charge in [0, 0.05) is 16.7 Å². The van der Waals surface area contributed by atoms with E-state index >= 15 is 0 Å². The third-order valence-electron chi connectivity index (χ3n) is 5.59. The fourth-order valence-corrected chi connectivity index (χ4v) is 4.20. The first kappa shape index (κ1) is 18.8. The van der Waals surface area contributed by atoms with E-state index in [1.807, 2.05) is 66.7 Å². The summed E-state index contributed by atoms with van der Waals surface area (Å²) in [7, 11) is 1.63. The summed E-state index contributed by atoms with van der Waals surface area (Å²) < 4.78 is 22.3. The van der Waals surface area contributed by atoms with Gasteiger partial charge in [0.15, 0.2) is 17.6 Å². The van der Waals surface area contributed by atoms with Gasteiger partial charge in [-0.25, -0.2) is 0 Å². The average molecular weight is 405 g/mol. The summed E-state index contributed by atoms with van der Waals surface area (Å²) in [4.78, 5) is 0. The molecule has 0 aliphatic carbocycles. The molecule has 0 saturated heterocycles. The fraction of sp³-hybridized carbons (Fsp3) is 0.250. The quantitative estimate of drug-likeness (QED) is 0.470. The van der Waals surface area contributed by atoms with Crippen LogP contribution < -0.4 is 18.9 Å². The maximum atomic E-state index is 14.1. The minimum Gasteiger partial charge on any atom is -0.632 e. The van der Waals surface area contributed by atoms with Crippen molar-refractivity contribution in [1.82, 2.24) is 0 Å². The monoisotopic (exact) mass is 405 g/mol. The van der Waals surface area contributed by atoms with Gasteiger partial charge >= 0.3 is 0 Å². The Hall–Kier alpha value is -3.22. The summed E-state index contributed by atoms with van der Waals surface area (Å²) in [6.45, 7) is 1.12. The van der Waals surface area contributed by atoms with Gasteiger partial charge in [-0.05, 0) is 36.4 Å². The van der Waals surface area contributed by atoms with Crippen molar-refractivity contribution in [2.24, 2.45) is 0 Å². The van der Waals surface area contributed by atoms with Gasteiger partial charge in [0.25, 0.3) is 0 Å². The molecule has 6 nitrogen and oxygen atoms in total. The van der Waals surface area contributed by atoms with Crippen LogP contribution >= 0.6 is 0 Å². The Morgan fingerprint density at radius 3 is 2.67 bits per heavy atom. The summed E-state index contributed by atoms with van der Waals surface area (Å²) in [5.41, 5.74) is 2.69. The van der Waals surface area contributed by atoms with E-state index in [9.17, 15) is 5.21 Å². The molecule has 2 heterocycles. The number of para-hydroxylation sites is 2. The van der Waals surface area contributed by atoms with Crippen LogP contribution in [0.15, 0.2) is 66.7 Å². The van der Waals surface area contributed by atoms with Crippen LogP contribution in [0.4, 0.5) is 0 Å². The Morgan fingerprint density at radius 1 is 0.967 bits per heavy atom. The fourth-order valence-electron chi connectivity index (χ4n) is 4.20. The molecular formula is C24H23NO5. The Labute approximate surface area is 175 Å². The lowest BCUT2D eigenvalue weighted by Gasteiger charge is -2.43. The molecule has 2 atom stereocenters. The van der Waals surface area contributed by atoms with Crippen molar-refractivity contribution < 1.29 is 23.6 Å². The van der Waals surface area contributed by atoms with Crippen molar-refractivity contribution in [2.75, 3.05) is 20.4 Å². The number of hydroxylamine groups is 3. The molecule has 6 heteroatoms. The van der Waals surface area contributed by atoms with Gasteiger partial charge in [-0.15, -0.1) is 0 Å². The molecule has 3 aromatic carbocycles. The first-order valence-corrected chi connectivity index (χ1v) is 9.97. The number of hydrogen-bond donors (Lipinski definition) is 0. The van der Waals surface area contributed by atoms with E-state index in [-0.39, 0.29) is 13.3 Å². The van der Waals surface area contributed by atoms with Gasteiger partial charge in [-0.1, -0.05) is 30.3 Å². The number of methoxy groups -OCH3 is 1. The Bertz CT molecular complexity index is 1070. The molecule has 3 aromatic rings. The maximum absolute atomic E-state index is 14.1. The van der Waals surface area contributed by atoms with E-state index in [1.54, 1.807) is 7.11 Å². The van der Waals surface area contributed by atoms with Crippen molar-refractivity contribution in [3.8, 4) is 23.0 Å². The molecule has 30 heavy (non-hydrogen) atoms. The van der Waals surface area contributed by atoms with Gasteiger partial charge in [-0.3, -0.25) is 0 Å². The molecule has 5 rings (SSSR count). The number of ether oxygens (including phenoxy) is 4. The average Bonchev–Trinajstić information content (AvgIpc) is 3.16. The highest BCUT2D eigenvalue weighted by Gasteiger charge is 2.33. The standard InChI is InChI=1S/C24H23NO5/c1-27-21-9-5-3-7-19(21)24-15-25(26,14-18-6-2-4-8-20(18)30-24)13-17-10-11-22-23(12-17)29-16-28-22/h2-12,24H,13-16H2,1H3. The molecule has 0 amide bonds. The van der Waals surface area contributed by atoms with Crippen LogP contribution in [0.3, 0.4) is 0 Å². The van der Waals surface area contributed by atoms with Crippen LogP contribution in [-0.2, 0) is 13.1 Å². The van der Waals surface area contributed by atoms with Crippen molar-refractivity contribution in [1.29, 1.82) is 0 Å². The lowest BCUT2D eigenvalue weighted by Crippen LogP contribution is -2.43. The number of hydrogen-bond acceptors (Lipinski definition) is 5. The molecule has 2 aliphatic heterocycles. The number of rotatable bonds is 4. The molecule has 0 saturated carbocycles. The van der Waals surface area contributed by atoms with E-state index < -0.39 is 10.8 Å². The van der Waals surface area contributed by atoms with Crippen LogP contribution in [0.2, 0.25) is 0 Å². The molecule has 0 radical (unpaired) electrons. The highest BCUT2D eigenvalue weighted by atomic mass is 16.7. The van der Waals surface area contributed by atoms with Crippen LogP contribution in [0.25, 0.3) is 0 Å². The zero-order valence-electron chi connectivity index (χ0n) is 16.7. The number of quaternary nitrogens is 1. The van der Waals surface area contributed by atoms with E-state index in [0.29, 0.717) is 24.6 Å². The Morgan fingerprint density at radius 2 is 1.77 bits per heavy atom. The number of benzene rings is 3. The topological polar surface area (TPSA) is 60.0 Å². The maximum Gasteiger partial charge on any atom is 0.231 e. The highest BCUT2D eigenvalue weighted by molar-refractivity contribution is 5.44. The first-order chi connectivity index (χ1) is 14.6.